The molecule has 4 aromatic carbocycles. The summed E-state index contributed by atoms with van der Waals surface area (Å²) in [6.07, 6.45) is 6.05. The first-order valence-corrected chi connectivity index (χ1v) is 12.8. The summed E-state index contributed by atoms with van der Waals surface area (Å²) >= 11 is 1.84. The van der Waals surface area contributed by atoms with Gasteiger partial charge in [0, 0.05) is 36.5 Å². The van der Waals surface area contributed by atoms with Crippen LogP contribution in [0, 0.1) is 6.92 Å². The van der Waals surface area contributed by atoms with Gasteiger partial charge >= 0.3 is 0 Å². The van der Waals surface area contributed by atoms with Gasteiger partial charge in [-0.3, -0.25) is 4.40 Å². The molecule has 0 aliphatic carbocycles. The van der Waals surface area contributed by atoms with E-state index in [2.05, 4.69) is 84.6 Å². The van der Waals surface area contributed by atoms with E-state index in [9.17, 15) is 0 Å². The van der Waals surface area contributed by atoms with E-state index in [1.165, 1.54) is 36.8 Å². The number of pyridine rings is 1. The van der Waals surface area contributed by atoms with Crippen LogP contribution in [0.5, 0.6) is 0 Å². The van der Waals surface area contributed by atoms with E-state index in [1.54, 1.807) is 0 Å². The maximum absolute atomic E-state index is 6.28. The minimum absolute atomic E-state index is 0.888. The third-order valence-corrected chi connectivity index (χ3v) is 8.38. The molecule has 4 heteroatoms. The monoisotopic (exact) mass is 480 g/mol. The number of furan rings is 1. The number of aryl methyl sites for hydroxylation is 1. The van der Waals surface area contributed by atoms with Gasteiger partial charge in [-0.15, -0.1) is 11.3 Å². The van der Waals surface area contributed by atoms with Crippen molar-refractivity contribution in [3.8, 4) is 0 Å². The minimum atomic E-state index is 0.888. The summed E-state index contributed by atoms with van der Waals surface area (Å²) < 4.78 is 9.92. The predicted octanol–water partition coefficient (Wildman–Crippen LogP) is 9.42. The Balaban J connectivity index is 1.75. The van der Waals surface area contributed by atoms with Crippen LogP contribution >= 0.6 is 11.3 Å². The third kappa shape index (κ3) is 2.44. The van der Waals surface area contributed by atoms with Crippen LogP contribution in [0.1, 0.15) is 10.4 Å². The van der Waals surface area contributed by atoms with Crippen LogP contribution in [0.3, 0.4) is 0 Å². The maximum atomic E-state index is 6.28. The van der Waals surface area contributed by atoms with Crippen LogP contribution in [0.25, 0.3) is 76.5 Å². The van der Waals surface area contributed by atoms with Crippen molar-refractivity contribution >= 4 is 87.8 Å². The number of benzene rings is 4. The fourth-order valence-corrected chi connectivity index (χ4v) is 6.88. The predicted molar refractivity (Wildman–Crippen MR) is 154 cm³/mol. The molecule has 0 unspecified atom stereocenters. The van der Waals surface area contributed by atoms with Crippen LogP contribution in [0.2, 0.25) is 0 Å². The number of thiophene rings is 1. The zero-order valence-corrected chi connectivity index (χ0v) is 20.4. The largest absolute Gasteiger partial charge is 0.456 e. The highest BCUT2D eigenvalue weighted by Gasteiger charge is 2.21. The lowest BCUT2D eigenvalue weighted by Crippen LogP contribution is -1.93. The van der Waals surface area contributed by atoms with Crippen molar-refractivity contribution in [1.29, 1.82) is 0 Å². The van der Waals surface area contributed by atoms with Gasteiger partial charge in [-0.05, 0) is 54.3 Å². The quantitative estimate of drug-likeness (QED) is 0.182. The normalized spacial score (nSPS) is 12.6. The Morgan fingerprint density at radius 3 is 2.58 bits per heavy atom. The molecule has 0 aliphatic rings. The average molecular weight is 481 g/mol. The molecule has 0 aliphatic heterocycles. The number of imidazole rings is 1. The fourth-order valence-electron chi connectivity index (χ4n) is 5.82. The van der Waals surface area contributed by atoms with E-state index in [1.807, 2.05) is 35.6 Å². The summed E-state index contributed by atoms with van der Waals surface area (Å²) in [5.41, 5.74) is 7.29. The van der Waals surface area contributed by atoms with E-state index in [0.29, 0.717) is 0 Å². The number of aromatic nitrogens is 2. The summed E-state index contributed by atoms with van der Waals surface area (Å²) in [5, 5.41) is 7.05. The molecule has 36 heavy (non-hydrogen) atoms. The van der Waals surface area contributed by atoms with Crippen LogP contribution in [0.4, 0.5) is 0 Å². The van der Waals surface area contributed by atoms with Crippen molar-refractivity contribution in [2.24, 2.45) is 0 Å². The van der Waals surface area contributed by atoms with E-state index >= 15 is 0 Å². The Labute approximate surface area is 210 Å². The zero-order valence-electron chi connectivity index (χ0n) is 19.6. The van der Waals surface area contributed by atoms with Gasteiger partial charge < -0.3 is 4.42 Å². The van der Waals surface area contributed by atoms with E-state index < -0.39 is 0 Å². The first kappa shape index (κ1) is 19.8. The number of hydrogen-bond acceptors (Lipinski definition) is 3. The van der Waals surface area contributed by atoms with Gasteiger partial charge in [-0.1, -0.05) is 61.2 Å². The number of rotatable bonds is 2. The Bertz CT molecular complexity index is 2240. The molecule has 0 atom stereocenters. The lowest BCUT2D eigenvalue weighted by atomic mass is 9.98. The molecule has 0 saturated heterocycles. The number of allylic oxidation sites excluding steroid dienone is 2. The third-order valence-electron chi connectivity index (χ3n) is 7.29. The molecule has 4 heterocycles. The van der Waals surface area contributed by atoms with E-state index in [-0.39, 0.29) is 0 Å². The fraction of sp³-hybridized carbons (Fsp3) is 0.0312. The van der Waals surface area contributed by atoms with Gasteiger partial charge in [-0.25, -0.2) is 4.98 Å². The smallest absolute Gasteiger partial charge is 0.147 e. The van der Waals surface area contributed by atoms with E-state index in [4.69, 9.17) is 9.40 Å². The van der Waals surface area contributed by atoms with Gasteiger partial charge in [0.15, 0.2) is 0 Å². The Hall–Kier alpha value is -4.41. The summed E-state index contributed by atoms with van der Waals surface area (Å²) in [6.45, 7) is 6.10. The van der Waals surface area contributed by atoms with E-state index in [0.717, 1.165) is 44.0 Å². The maximum Gasteiger partial charge on any atom is 0.147 e. The highest BCUT2D eigenvalue weighted by Crippen LogP contribution is 2.44. The summed E-state index contributed by atoms with van der Waals surface area (Å²) in [4.78, 5) is 6.52. The number of hydrogen-bond donors (Lipinski definition) is 0. The molecule has 0 N–H and O–H groups in total. The standard InChI is InChI=1S/C32H20N2OS/c1-3-4-9-19-18(2)36-27-17-15-21-20-14-16-26-28(22-10-5-8-13-25(22)35-26)30(20)32-33-23-11-6-7-12-24(23)34(32)31(21)29(19)27/h3-17H,1H2,2H3/b9-4-. The SMILES string of the molecule is C=C/C=C\c1c(C)sc2ccc3c4ccc5oc6ccccc6c5c4c4nc5ccccc5n4c3c12. The average Bonchev–Trinajstić information content (AvgIpc) is 3.57. The molecule has 170 valence electrons. The molecule has 8 rings (SSSR count). The topological polar surface area (TPSA) is 30.4 Å². The second-order valence-electron chi connectivity index (χ2n) is 9.22. The van der Waals surface area contributed by atoms with Crippen molar-refractivity contribution in [3.05, 3.63) is 102 Å². The first-order valence-electron chi connectivity index (χ1n) is 12.0. The molecule has 0 amide bonds. The molecule has 0 saturated carbocycles. The lowest BCUT2D eigenvalue weighted by Gasteiger charge is -2.12. The van der Waals surface area contributed by atoms with Crippen molar-refractivity contribution in [2.75, 3.05) is 0 Å². The highest BCUT2D eigenvalue weighted by molar-refractivity contribution is 7.19. The number of fused-ring (bicyclic) bond motifs is 14. The Morgan fingerprint density at radius 1 is 0.833 bits per heavy atom. The Morgan fingerprint density at radius 2 is 1.67 bits per heavy atom. The minimum Gasteiger partial charge on any atom is -0.456 e. The number of nitrogens with zero attached hydrogens (tertiary/aromatic N) is 2. The van der Waals surface area contributed by atoms with Crippen LogP contribution in [0.15, 0.2) is 95.9 Å². The molecule has 4 aromatic heterocycles. The highest BCUT2D eigenvalue weighted by atomic mass is 32.1. The molecule has 3 nitrogen and oxygen atoms in total. The van der Waals surface area contributed by atoms with Gasteiger partial charge in [0.1, 0.15) is 16.8 Å². The van der Waals surface area contributed by atoms with Gasteiger partial charge in [-0.2, -0.15) is 0 Å². The van der Waals surface area contributed by atoms with Crippen molar-refractivity contribution < 1.29 is 4.42 Å². The van der Waals surface area contributed by atoms with Crippen molar-refractivity contribution in [1.82, 2.24) is 9.38 Å². The second kappa shape index (κ2) is 7.06. The zero-order chi connectivity index (χ0) is 24.0. The van der Waals surface area contributed by atoms with Crippen molar-refractivity contribution in [2.45, 2.75) is 6.92 Å². The molecule has 0 bridgehead atoms. The second-order valence-corrected chi connectivity index (χ2v) is 10.5. The molecule has 0 radical (unpaired) electrons. The molecule has 0 fully saturated rings. The summed E-state index contributed by atoms with van der Waals surface area (Å²) in [6, 6.07) is 25.6. The van der Waals surface area contributed by atoms with Crippen LogP contribution < -0.4 is 0 Å². The first-order chi connectivity index (χ1) is 17.7. The van der Waals surface area contributed by atoms with Gasteiger partial charge in [0.25, 0.3) is 0 Å². The molecule has 0 spiro atoms. The van der Waals surface area contributed by atoms with Crippen LogP contribution in [-0.2, 0) is 0 Å². The molecular weight excluding hydrogens is 460 g/mol. The Kier molecular flexibility index (Phi) is 3.89. The molecule has 8 aromatic rings. The number of para-hydroxylation sites is 3. The summed E-state index contributed by atoms with van der Waals surface area (Å²) in [5.74, 6) is 0. The van der Waals surface area contributed by atoms with Gasteiger partial charge in [0.05, 0.1) is 16.6 Å². The van der Waals surface area contributed by atoms with Crippen molar-refractivity contribution in [3.63, 3.8) is 0 Å². The summed E-state index contributed by atoms with van der Waals surface area (Å²) in [7, 11) is 0. The lowest BCUT2D eigenvalue weighted by molar-refractivity contribution is 0.669. The van der Waals surface area contributed by atoms with Crippen LogP contribution in [-0.4, -0.2) is 9.38 Å². The molecular formula is C32H20N2OS. The van der Waals surface area contributed by atoms with Gasteiger partial charge in [0.2, 0.25) is 0 Å².